The third-order valence-electron chi connectivity index (χ3n) is 3.85. The van der Waals surface area contributed by atoms with Gasteiger partial charge in [-0.1, -0.05) is 6.92 Å². The second-order valence-corrected chi connectivity index (χ2v) is 5.36. The Morgan fingerprint density at radius 3 is 2.52 bits per heavy atom. The number of nitrogens with zero attached hydrogens (tertiary/aromatic N) is 3. The van der Waals surface area contributed by atoms with E-state index in [4.69, 9.17) is 5.84 Å². The first-order valence-corrected chi connectivity index (χ1v) is 7.32. The first kappa shape index (κ1) is 15.7. The topological polar surface area (TPSA) is 87.7 Å². The van der Waals surface area contributed by atoms with E-state index in [1.807, 2.05) is 0 Å². The Bertz CT molecular complexity index is 486. The van der Waals surface area contributed by atoms with Crippen molar-refractivity contribution in [3.05, 3.63) is 33.9 Å². The van der Waals surface area contributed by atoms with Crippen LogP contribution < -0.4 is 11.3 Å². The molecule has 1 fully saturated rings. The number of non-ortho nitro benzene ring substituents is 1. The van der Waals surface area contributed by atoms with Gasteiger partial charge >= 0.3 is 0 Å². The summed E-state index contributed by atoms with van der Waals surface area (Å²) in [5.74, 6) is 5.50. The zero-order valence-corrected chi connectivity index (χ0v) is 12.4. The van der Waals surface area contributed by atoms with Crippen LogP contribution >= 0.6 is 0 Å². The Morgan fingerprint density at radius 2 is 1.95 bits per heavy atom. The smallest absolute Gasteiger partial charge is 0.269 e. The lowest BCUT2D eigenvalue weighted by Crippen LogP contribution is -2.46. The molecule has 1 aromatic rings. The van der Waals surface area contributed by atoms with Crippen LogP contribution in [0, 0.1) is 10.1 Å². The monoisotopic (exact) mass is 293 g/mol. The third kappa shape index (κ3) is 4.13. The largest absolute Gasteiger partial charge is 0.324 e. The Labute approximate surface area is 124 Å². The highest BCUT2D eigenvalue weighted by Gasteiger charge is 2.18. The summed E-state index contributed by atoms with van der Waals surface area (Å²) in [6.45, 7) is 8.07. The van der Waals surface area contributed by atoms with Crippen molar-refractivity contribution in [1.82, 2.24) is 9.80 Å². The summed E-state index contributed by atoms with van der Waals surface area (Å²) in [5, 5.41) is 10.9. The van der Waals surface area contributed by atoms with Crippen LogP contribution in [0.15, 0.2) is 18.2 Å². The molecular weight excluding hydrogens is 270 g/mol. The minimum Gasteiger partial charge on any atom is -0.324 e. The van der Waals surface area contributed by atoms with E-state index >= 15 is 0 Å². The van der Waals surface area contributed by atoms with E-state index in [9.17, 15) is 10.1 Å². The Balaban J connectivity index is 2.02. The average molecular weight is 293 g/mol. The molecule has 7 heteroatoms. The van der Waals surface area contributed by atoms with E-state index in [-0.39, 0.29) is 10.6 Å². The number of hydrazine groups is 1. The second kappa shape index (κ2) is 7.35. The van der Waals surface area contributed by atoms with Crippen LogP contribution in [-0.2, 0) is 6.54 Å². The molecular formula is C14H23N5O2. The maximum absolute atomic E-state index is 10.9. The number of anilines is 1. The molecule has 0 unspecified atom stereocenters. The summed E-state index contributed by atoms with van der Waals surface area (Å²) >= 11 is 0. The standard InChI is InChI=1S/C14H23N5O2/c1-2-5-17-6-8-18(9-7-17)11-12-10-13(19(20)21)3-4-14(12)16-15/h3-4,10,16H,2,5-9,11,15H2,1H3. The predicted octanol–water partition coefficient (Wildman–Crippen LogP) is 1.41. The number of hydrogen-bond acceptors (Lipinski definition) is 6. The lowest BCUT2D eigenvalue weighted by molar-refractivity contribution is -0.384. The van der Waals surface area contributed by atoms with Gasteiger partial charge in [0.25, 0.3) is 5.69 Å². The summed E-state index contributed by atoms with van der Waals surface area (Å²) in [4.78, 5) is 15.3. The Kier molecular flexibility index (Phi) is 5.49. The van der Waals surface area contributed by atoms with Gasteiger partial charge in [-0.15, -0.1) is 0 Å². The van der Waals surface area contributed by atoms with Crippen LogP contribution in [0.1, 0.15) is 18.9 Å². The quantitative estimate of drug-likeness (QED) is 0.468. The number of hydrogen-bond donors (Lipinski definition) is 2. The minimum atomic E-state index is -0.372. The zero-order valence-electron chi connectivity index (χ0n) is 12.4. The molecule has 0 radical (unpaired) electrons. The van der Waals surface area contributed by atoms with E-state index < -0.39 is 0 Å². The van der Waals surface area contributed by atoms with E-state index in [1.165, 1.54) is 12.5 Å². The molecule has 21 heavy (non-hydrogen) atoms. The number of piperazine rings is 1. The number of nitro benzene ring substituents is 1. The van der Waals surface area contributed by atoms with Gasteiger partial charge < -0.3 is 10.3 Å². The normalized spacial score (nSPS) is 16.9. The van der Waals surface area contributed by atoms with Crippen molar-refractivity contribution in [2.24, 2.45) is 5.84 Å². The van der Waals surface area contributed by atoms with Crippen LogP contribution in [0.5, 0.6) is 0 Å². The van der Waals surface area contributed by atoms with Crippen LogP contribution in [0.25, 0.3) is 0 Å². The first-order chi connectivity index (χ1) is 10.1. The minimum absolute atomic E-state index is 0.105. The molecule has 0 atom stereocenters. The second-order valence-electron chi connectivity index (χ2n) is 5.36. The Morgan fingerprint density at radius 1 is 1.29 bits per heavy atom. The molecule has 2 rings (SSSR count). The van der Waals surface area contributed by atoms with Gasteiger partial charge in [0.05, 0.1) is 10.6 Å². The fourth-order valence-electron chi connectivity index (χ4n) is 2.69. The first-order valence-electron chi connectivity index (χ1n) is 7.32. The molecule has 1 aliphatic rings. The number of nitrogens with two attached hydrogens (primary N) is 1. The molecule has 1 aromatic carbocycles. The summed E-state index contributed by atoms with van der Waals surface area (Å²) in [6.07, 6.45) is 1.17. The number of benzene rings is 1. The number of nitrogen functional groups attached to an aromatic ring is 1. The number of rotatable bonds is 6. The Hall–Kier alpha value is -1.70. The van der Waals surface area contributed by atoms with Crippen LogP contribution in [0.2, 0.25) is 0 Å². The molecule has 0 amide bonds. The van der Waals surface area contributed by atoms with Crippen molar-refractivity contribution in [1.29, 1.82) is 0 Å². The molecule has 1 saturated heterocycles. The van der Waals surface area contributed by atoms with Crippen molar-refractivity contribution in [3.8, 4) is 0 Å². The fraction of sp³-hybridized carbons (Fsp3) is 0.571. The predicted molar refractivity (Wildman–Crippen MR) is 82.9 cm³/mol. The van der Waals surface area contributed by atoms with Crippen molar-refractivity contribution < 1.29 is 4.92 Å². The van der Waals surface area contributed by atoms with Gasteiger partial charge in [0.2, 0.25) is 0 Å². The van der Waals surface area contributed by atoms with Gasteiger partial charge in [-0.3, -0.25) is 20.9 Å². The SMILES string of the molecule is CCCN1CCN(Cc2cc([N+](=O)[O-])ccc2NN)CC1. The molecule has 1 aliphatic heterocycles. The molecule has 1 heterocycles. The fourth-order valence-corrected chi connectivity index (χ4v) is 2.69. The third-order valence-corrected chi connectivity index (χ3v) is 3.85. The molecule has 116 valence electrons. The van der Waals surface area contributed by atoms with Gasteiger partial charge in [-0.25, -0.2) is 0 Å². The van der Waals surface area contributed by atoms with Crippen molar-refractivity contribution >= 4 is 11.4 Å². The lowest BCUT2D eigenvalue weighted by Gasteiger charge is -2.34. The van der Waals surface area contributed by atoms with Crippen molar-refractivity contribution in [2.75, 3.05) is 38.1 Å². The maximum Gasteiger partial charge on any atom is 0.269 e. The highest BCUT2D eigenvalue weighted by molar-refractivity contribution is 5.55. The molecule has 3 N–H and O–H groups in total. The summed E-state index contributed by atoms with van der Waals surface area (Å²) < 4.78 is 0. The molecule has 7 nitrogen and oxygen atoms in total. The average Bonchev–Trinajstić information content (AvgIpc) is 2.49. The van der Waals surface area contributed by atoms with Gasteiger partial charge in [-0.2, -0.15) is 0 Å². The molecule has 0 saturated carbocycles. The molecule has 0 aliphatic carbocycles. The summed E-state index contributed by atoms with van der Waals surface area (Å²) in [5.41, 5.74) is 4.34. The van der Waals surface area contributed by atoms with Gasteiger partial charge in [0.15, 0.2) is 0 Å². The molecule has 0 aromatic heterocycles. The van der Waals surface area contributed by atoms with Crippen molar-refractivity contribution in [3.63, 3.8) is 0 Å². The number of nitro groups is 1. The maximum atomic E-state index is 10.9. The summed E-state index contributed by atoms with van der Waals surface area (Å²) in [7, 11) is 0. The summed E-state index contributed by atoms with van der Waals surface area (Å²) in [6, 6.07) is 4.74. The van der Waals surface area contributed by atoms with E-state index in [0.29, 0.717) is 6.54 Å². The van der Waals surface area contributed by atoms with E-state index in [0.717, 1.165) is 44.0 Å². The van der Waals surface area contributed by atoms with Crippen LogP contribution in [0.3, 0.4) is 0 Å². The highest BCUT2D eigenvalue weighted by atomic mass is 16.6. The van der Waals surface area contributed by atoms with Crippen LogP contribution in [-0.4, -0.2) is 47.4 Å². The van der Waals surface area contributed by atoms with E-state index in [1.54, 1.807) is 12.1 Å². The van der Waals surface area contributed by atoms with Crippen LogP contribution in [0.4, 0.5) is 11.4 Å². The highest BCUT2D eigenvalue weighted by Crippen LogP contribution is 2.23. The zero-order chi connectivity index (χ0) is 15.2. The van der Waals surface area contributed by atoms with Gasteiger partial charge in [0, 0.05) is 44.9 Å². The van der Waals surface area contributed by atoms with Crippen molar-refractivity contribution in [2.45, 2.75) is 19.9 Å². The van der Waals surface area contributed by atoms with Gasteiger partial charge in [0.1, 0.15) is 0 Å². The number of nitrogens with one attached hydrogen (secondary N) is 1. The molecule has 0 bridgehead atoms. The molecule has 0 spiro atoms. The van der Waals surface area contributed by atoms with E-state index in [2.05, 4.69) is 22.1 Å². The van der Waals surface area contributed by atoms with Gasteiger partial charge in [-0.05, 0) is 24.6 Å². The lowest BCUT2D eigenvalue weighted by atomic mass is 10.1.